The lowest BCUT2D eigenvalue weighted by Crippen LogP contribution is -2.43. The van der Waals surface area contributed by atoms with Gasteiger partial charge in [0, 0.05) is 5.75 Å². The molecule has 4 nitrogen and oxygen atoms in total. The molecule has 0 aliphatic carbocycles. The van der Waals surface area contributed by atoms with Crippen LogP contribution in [0.3, 0.4) is 0 Å². The van der Waals surface area contributed by atoms with Crippen LogP contribution < -0.4 is 0 Å². The molecule has 0 radical (unpaired) electrons. The first-order valence-corrected chi connectivity index (χ1v) is 5.03. The zero-order valence-electron chi connectivity index (χ0n) is 6.74. The van der Waals surface area contributed by atoms with Crippen LogP contribution in [0.15, 0.2) is 0 Å². The van der Waals surface area contributed by atoms with Gasteiger partial charge in [0.2, 0.25) is 0 Å². The standard InChI is InChI=1S/C6H14O4S/c1-3-11(9,10)6(2,4-7)5-8/h7-8H,3-5H2,1-2H3. The summed E-state index contributed by atoms with van der Waals surface area (Å²) in [5.41, 5.74) is 0. The van der Waals surface area contributed by atoms with Crippen molar-refractivity contribution in [1.29, 1.82) is 0 Å². The van der Waals surface area contributed by atoms with E-state index in [4.69, 9.17) is 10.2 Å². The van der Waals surface area contributed by atoms with E-state index in [2.05, 4.69) is 0 Å². The van der Waals surface area contributed by atoms with E-state index < -0.39 is 27.8 Å². The highest BCUT2D eigenvalue weighted by Crippen LogP contribution is 2.15. The van der Waals surface area contributed by atoms with Gasteiger partial charge in [0.1, 0.15) is 4.75 Å². The molecule has 2 N–H and O–H groups in total. The number of rotatable bonds is 4. The Kier molecular flexibility index (Phi) is 3.47. The van der Waals surface area contributed by atoms with Crippen molar-refractivity contribution in [3.05, 3.63) is 0 Å². The van der Waals surface area contributed by atoms with Gasteiger partial charge < -0.3 is 10.2 Å². The summed E-state index contributed by atoms with van der Waals surface area (Å²) in [6, 6.07) is 0. The molecule has 0 aromatic heterocycles. The third-order valence-corrected chi connectivity index (χ3v) is 4.32. The molecule has 0 aromatic rings. The fourth-order valence-electron chi connectivity index (χ4n) is 0.595. The predicted octanol–water partition coefficient (Wildman–Crippen LogP) is -0.836. The molecule has 0 heterocycles. The maximum atomic E-state index is 11.2. The van der Waals surface area contributed by atoms with Crippen LogP contribution >= 0.6 is 0 Å². The van der Waals surface area contributed by atoms with Crippen LogP contribution in [-0.2, 0) is 9.84 Å². The quantitative estimate of drug-likeness (QED) is 0.594. The van der Waals surface area contributed by atoms with E-state index in [0.717, 1.165) is 0 Å². The van der Waals surface area contributed by atoms with Crippen LogP contribution in [0, 0.1) is 0 Å². The van der Waals surface area contributed by atoms with E-state index >= 15 is 0 Å². The predicted molar refractivity (Wildman–Crippen MR) is 42.0 cm³/mol. The smallest absolute Gasteiger partial charge is 0.159 e. The molecule has 11 heavy (non-hydrogen) atoms. The molecule has 68 valence electrons. The van der Waals surface area contributed by atoms with E-state index in [1.54, 1.807) is 0 Å². The molecule has 0 atom stereocenters. The Balaban J connectivity index is 4.78. The molecule has 0 spiro atoms. The van der Waals surface area contributed by atoms with Gasteiger partial charge in [-0.15, -0.1) is 0 Å². The molecule has 0 rings (SSSR count). The monoisotopic (exact) mass is 182 g/mol. The third-order valence-electron chi connectivity index (χ3n) is 1.80. The van der Waals surface area contributed by atoms with Gasteiger partial charge in [0.25, 0.3) is 0 Å². The first kappa shape index (κ1) is 10.9. The molecular formula is C6H14O4S. The Morgan fingerprint density at radius 2 is 1.64 bits per heavy atom. The molecule has 0 aliphatic heterocycles. The average molecular weight is 182 g/mol. The summed E-state index contributed by atoms with van der Waals surface area (Å²) in [4.78, 5) is 0. The van der Waals surface area contributed by atoms with Crippen molar-refractivity contribution >= 4 is 9.84 Å². The van der Waals surface area contributed by atoms with Gasteiger partial charge in [-0.05, 0) is 6.92 Å². The van der Waals surface area contributed by atoms with Crippen molar-refractivity contribution in [3.63, 3.8) is 0 Å². The number of aliphatic hydroxyl groups is 2. The van der Waals surface area contributed by atoms with Gasteiger partial charge in [0.05, 0.1) is 13.2 Å². The van der Waals surface area contributed by atoms with Gasteiger partial charge in [-0.3, -0.25) is 0 Å². The number of hydrogen-bond acceptors (Lipinski definition) is 4. The second-order valence-electron chi connectivity index (χ2n) is 2.67. The topological polar surface area (TPSA) is 74.6 Å². The zero-order chi connectivity index (χ0) is 9.12. The molecule has 0 amide bonds. The summed E-state index contributed by atoms with van der Waals surface area (Å²) in [6.45, 7) is 1.73. The second kappa shape index (κ2) is 3.51. The van der Waals surface area contributed by atoms with Gasteiger partial charge in [-0.1, -0.05) is 6.92 Å². The molecule has 0 aliphatic rings. The Bertz CT molecular complexity index is 203. The van der Waals surface area contributed by atoms with Crippen molar-refractivity contribution in [2.24, 2.45) is 0 Å². The van der Waals surface area contributed by atoms with E-state index in [0.29, 0.717) is 0 Å². The van der Waals surface area contributed by atoms with Crippen LogP contribution in [-0.4, -0.2) is 42.3 Å². The highest BCUT2D eigenvalue weighted by Gasteiger charge is 2.36. The minimum atomic E-state index is -3.36. The molecule has 0 aromatic carbocycles. The highest BCUT2D eigenvalue weighted by molar-refractivity contribution is 7.92. The maximum Gasteiger partial charge on any atom is 0.159 e. The van der Waals surface area contributed by atoms with Crippen LogP contribution in [0.25, 0.3) is 0 Å². The lowest BCUT2D eigenvalue weighted by atomic mass is 10.2. The van der Waals surface area contributed by atoms with Gasteiger partial charge in [0.15, 0.2) is 9.84 Å². The fourth-order valence-corrected chi connectivity index (χ4v) is 1.69. The summed E-state index contributed by atoms with van der Waals surface area (Å²) in [5, 5.41) is 17.4. The highest BCUT2D eigenvalue weighted by atomic mass is 32.2. The van der Waals surface area contributed by atoms with Crippen molar-refractivity contribution in [2.45, 2.75) is 18.6 Å². The lowest BCUT2D eigenvalue weighted by Gasteiger charge is -2.23. The van der Waals surface area contributed by atoms with Crippen molar-refractivity contribution in [3.8, 4) is 0 Å². The minimum absolute atomic E-state index is 0.0649. The van der Waals surface area contributed by atoms with E-state index in [9.17, 15) is 8.42 Å². The van der Waals surface area contributed by atoms with E-state index in [1.807, 2.05) is 0 Å². The average Bonchev–Trinajstić information content (AvgIpc) is 2.02. The van der Waals surface area contributed by atoms with E-state index in [-0.39, 0.29) is 5.75 Å². The summed E-state index contributed by atoms with van der Waals surface area (Å²) in [7, 11) is -3.36. The molecule has 0 saturated carbocycles. The lowest BCUT2D eigenvalue weighted by molar-refractivity contribution is 0.176. The Labute approximate surface area is 66.8 Å². The zero-order valence-corrected chi connectivity index (χ0v) is 7.56. The normalized spacial score (nSPS) is 13.5. The van der Waals surface area contributed by atoms with Gasteiger partial charge >= 0.3 is 0 Å². The Hall–Kier alpha value is -0.130. The number of sulfone groups is 1. The SMILES string of the molecule is CCS(=O)(=O)C(C)(CO)CO. The molecule has 0 bridgehead atoms. The van der Waals surface area contributed by atoms with Crippen LogP contribution in [0.5, 0.6) is 0 Å². The first-order valence-electron chi connectivity index (χ1n) is 3.37. The second-order valence-corrected chi connectivity index (χ2v) is 5.46. The number of aliphatic hydroxyl groups excluding tert-OH is 2. The van der Waals surface area contributed by atoms with Crippen molar-refractivity contribution < 1.29 is 18.6 Å². The summed E-state index contributed by atoms with van der Waals surface area (Å²) >= 11 is 0. The van der Waals surface area contributed by atoms with Crippen LogP contribution in [0.1, 0.15) is 13.8 Å². The Morgan fingerprint density at radius 3 is 1.73 bits per heavy atom. The fraction of sp³-hybridized carbons (Fsp3) is 1.00. The largest absolute Gasteiger partial charge is 0.395 e. The molecule has 0 fully saturated rings. The molecule has 0 unspecified atom stereocenters. The molecular weight excluding hydrogens is 168 g/mol. The summed E-state index contributed by atoms with van der Waals surface area (Å²) in [5.74, 6) is -0.0649. The summed E-state index contributed by atoms with van der Waals surface area (Å²) < 4.78 is 20.9. The van der Waals surface area contributed by atoms with Gasteiger partial charge in [-0.25, -0.2) is 8.42 Å². The van der Waals surface area contributed by atoms with Crippen molar-refractivity contribution in [2.75, 3.05) is 19.0 Å². The van der Waals surface area contributed by atoms with E-state index in [1.165, 1.54) is 13.8 Å². The maximum absolute atomic E-state index is 11.2. The summed E-state index contributed by atoms with van der Waals surface area (Å²) in [6.07, 6.45) is 0. The third kappa shape index (κ3) is 1.91. The van der Waals surface area contributed by atoms with Crippen LogP contribution in [0.4, 0.5) is 0 Å². The molecule has 5 heteroatoms. The Morgan fingerprint density at radius 1 is 1.27 bits per heavy atom. The first-order chi connectivity index (χ1) is 4.93. The molecule has 0 saturated heterocycles. The number of hydrogen-bond donors (Lipinski definition) is 2. The van der Waals surface area contributed by atoms with Crippen molar-refractivity contribution in [1.82, 2.24) is 0 Å². The minimum Gasteiger partial charge on any atom is -0.395 e. The van der Waals surface area contributed by atoms with Crippen LogP contribution in [0.2, 0.25) is 0 Å². The van der Waals surface area contributed by atoms with Gasteiger partial charge in [-0.2, -0.15) is 0 Å².